The number of benzene rings is 1. The lowest BCUT2D eigenvalue weighted by atomic mass is 10.1. The molecule has 1 saturated heterocycles. The van der Waals surface area contributed by atoms with E-state index in [1.54, 1.807) is 0 Å². The highest BCUT2D eigenvalue weighted by Crippen LogP contribution is 2.25. The average Bonchev–Trinajstić information content (AvgIpc) is 2.32. The molecule has 0 bridgehead atoms. The van der Waals surface area contributed by atoms with E-state index in [9.17, 15) is 0 Å². The van der Waals surface area contributed by atoms with Crippen molar-refractivity contribution in [2.24, 2.45) is 5.73 Å². The smallest absolute Gasteiger partial charge is 0.123 e. The van der Waals surface area contributed by atoms with Crippen molar-refractivity contribution in [3.8, 4) is 5.75 Å². The quantitative estimate of drug-likeness (QED) is 0.893. The minimum absolute atomic E-state index is 0.181. The zero-order valence-corrected chi connectivity index (χ0v) is 11.2. The molecule has 0 spiro atoms. The highest BCUT2D eigenvalue weighted by Gasteiger charge is 2.16. The van der Waals surface area contributed by atoms with E-state index in [1.165, 1.54) is 24.2 Å². The topological polar surface area (TPSA) is 35.2 Å². The summed E-state index contributed by atoms with van der Waals surface area (Å²) in [7, 11) is 0. The van der Waals surface area contributed by atoms with Crippen LogP contribution in [-0.4, -0.2) is 23.7 Å². The Morgan fingerprint density at radius 1 is 1.47 bits per heavy atom. The SMILES string of the molecule is CC(N)Cc1ccccc1OC1CCCSC1. The van der Waals surface area contributed by atoms with E-state index in [4.69, 9.17) is 10.5 Å². The van der Waals surface area contributed by atoms with Gasteiger partial charge in [-0.25, -0.2) is 0 Å². The fourth-order valence-corrected chi connectivity index (χ4v) is 3.15. The predicted molar refractivity (Wildman–Crippen MR) is 74.8 cm³/mol. The lowest BCUT2D eigenvalue weighted by Crippen LogP contribution is -2.24. The third-order valence-electron chi connectivity index (χ3n) is 2.93. The number of ether oxygens (including phenoxy) is 1. The molecule has 17 heavy (non-hydrogen) atoms. The van der Waals surface area contributed by atoms with Crippen LogP contribution < -0.4 is 10.5 Å². The second-order valence-electron chi connectivity index (χ2n) is 4.75. The lowest BCUT2D eigenvalue weighted by molar-refractivity contribution is 0.209. The highest BCUT2D eigenvalue weighted by atomic mass is 32.2. The third-order valence-corrected chi connectivity index (χ3v) is 4.11. The van der Waals surface area contributed by atoms with Crippen LogP contribution >= 0.6 is 11.8 Å². The van der Waals surface area contributed by atoms with Gasteiger partial charge in [0, 0.05) is 11.8 Å². The maximum Gasteiger partial charge on any atom is 0.123 e. The molecule has 2 atom stereocenters. The first-order chi connectivity index (χ1) is 8.25. The maximum absolute atomic E-state index is 6.11. The number of hydrogen-bond acceptors (Lipinski definition) is 3. The van der Waals surface area contributed by atoms with Crippen LogP contribution in [0.3, 0.4) is 0 Å². The van der Waals surface area contributed by atoms with Crippen LogP contribution in [0.15, 0.2) is 24.3 Å². The number of hydrogen-bond donors (Lipinski definition) is 1. The van der Waals surface area contributed by atoms with E-state index in [-0.39, 0.29) is 6.04 Å². The van der Waals surface area contributed by atoms with E-state index in [0.717, 1.165) is 17.9 Å². The van der Waals surface area contributed by atoms with E-state index in [1.807, 2.05) is 24.8 Å². The minimum atomic E-state index is 0.181. The van der Waals surface area contributed by atoms with Gasteiger partial charge in [-0.2, -0.15) is 11.8 Å². The van der Waals surface area contributed by atoms with Gasteiger partial charge in [-0.15, -0.1) is 0 Å². The molecular formula is C14H21NOS. The molecule has 2 rings (SSSR count). The average molecular weight is 251 g/mol. The Morgan fingerprint density at radius 2 is 2.29 bits per heavy atom. The van der Waals surface area contributed by atoms with Crippen molar-refractivity contribution in [3.63, 3.8) is 0 Å². The molecule has 1 aromatic carbocycles. The molecule has 1 fully saturated rings. The monoisotopic (exact) mass is 251 g/mol. The van der Waals surface area contributed by atoms with Crippen LogP contribution in [0.1, 0.15) is 25.3 Å². The Kier molecular flexibility index (Phi) is 4.75. The van der Waals surface area contributed by atoms with Gasteiger partial charge in [0.2, 0.25) is 0 Å². The summed E-state index contributed by atoms with van der Waals surface area (Å²) >= 11 is 1.99. The summed E-state index contributed by atoms with van der Waals surface area (Å²) in [6.07, 6.45) is 3.71. The Morgan fingerprint density at radius 3 is 3.00 bits per heavy atom. The van der Waals surface area contributed by atoms with E-state index < -0.39 is 0 Å². The van der Waals surface area contributed by atoms with Crippen LogP contribution in [-0.2, 0) is 6.42 Å². The van der Waals surface area contributed by atoms with Gasteiger partial charge in [0.1, 0.15) is 11.9 Å². The Balaban J connectivity index is 2.03. The molecule has 2 unspecified atom stereocenters. The molecule has 0 amide bonds. The van der Waals surface area contributed by atoms with Gasteiger partial charge in [0.15, 0.2) is 0 Å². The summed E-state index contributed by atoms with van der Waals surface area (Å²) in [6.45, 7) is 2.03. The molecule has 1 heterocycles. The van der Waals surface area contributed by atoms with Crippen molar-refractivity contribution >= 4 is 11.8 Å². The zero-order valence-electron chi connectivity index (χ0n) is 10.4. The van der Waals surface area contributed by atoms with Crippen molar-refractivity contribution in [2.75, 3.05) is 11.5 Å². The van der Waals surface area contributed by atoms with Crippen LogP contribution in [0.2, 0.25) is 0 Å². The van der Waals surface area contributed by atoms with Crippen LogP contribution in [0.4, 0.5) is 0 Å². The van der Waals surface area contributed by atoms with Crippen molar-refractivity contribution in [1.82, 2.24) is 0 Å². The summed E-state index contributed by atoms with van der Waals surface area (Å²) in [5, 5.41) is 0. The van der Waals surface area contributed by atoms with Gasteiger partial charge >= 0.3 is 0 Å². The standard InChI is InChI=1S/C14H21NOS/c1-11(15)9-12-5-2-3-7-14(12)16-13-6-4-8-17-10-13/h2-3,5,7,11,13H,4,6,8-10,15H2,1H3. The normalized spacial score (nSPS) is 22.1. The summed E-state index contributed by atoms with van der Waals surface area (Å²) in [5.74, 6) is 3.42. The largest absolute Gasteiger partial charge is 0.489 e. The van der Waals surface area contributed by atoms with E-state index in [2.05, 4.69) is 18.2 Å². The maximum atomic E-state index is 6.11. The van der Waals surface area contributed by atoms with Crippen molar-refractivity contribution in [3.05, 3.63) is 29.8 Å². The first-order valence-corrected chi connectivity index (χ1v) is 7.49. The summed E-state index contributed by atoms with van der Waals surface area (Å²) in [4.78, 5) is 0. The van der Waals surface area contributed by atoms with Crippen molar-refractivity contribution < 1.29 is 4.74 Å². The molecule has 0 aromatic heterocycles. The minimum Gasteiger partial charge on any atom is -0.489 e. The molecule has 1 aliphatic heterocycles. The van der Waals surface area contributed by atoms with E-state index >= 15 is 0 Å². The molecule has 3 heteroatoms. The predicted octanol–water partition coefficient (Wildman–Crippen LogP) is 2.85. The highest BCUT2D eigenvalue weighted by molar-refractivity contribution is 7.99. The molecule has 94 valence electrons. The number of para-hydroxylation sites is 1. The number of thioether (sulfide) groups is 1. The van der Waals surface area contributed by atoms with Gasteiger partial charge in [0.05, 0.1) is 0 Å². The fourth-order valence-electron chi connectivity index (χ4n) is 2.12. The molecule has 2 nitrogen and oxygen atoms in total. The first-order valence-electron chi connectivity index (χ1n) is 6.33. The van der Waals surface area contributed by atoms with Gasteiger partial charge in [-0.3, -0.25) is 0 Å². The van der Waals surface area contributed by atoms with Crippen LogP contribution in [0, 0.1) is 0 Å². The summed E-state index contributed by atoms with van der Waals surface area (Å²) in [6, 6.07) is 8.46. The summed E-state index contributed by atoms with van der Waals surface area (Å²) < 4.78 is 6.11. The third kappa shape index (κ3) is 3.93. The van der Waals surface area contributed by atoms with Gasteiger partial charge in [0.25, 0.3) is 0 Å². The molecule has 0 saturated carbocycles. The molecule has 1 aromatic rings. The molecular weight excluding hydrogens is 230 g/mol. The number of rotatable bonds is 4. The van der Waals surface area contributed by atoms with Crippen LogP contribution in [0.5, 0.6) is 5.75 Å². The second kappa shape index (κ2) is 6.31. The molecule has 0 aliphatic carbocycles. The van der Waals surface area contributed by atoms with Crippen molar-refractivity contribution in [2.45, 2.75) is 38.3 Å². The fraction of sp³-hybridized carbons (Fsp3) is 0.571. The molecule has 2 N–H and O–H groups in total. The number of nitrogens with two attached hydrogens (primary N) is 1. The zero-order chi connectivity index (χ0) is 12.1. The molecule has 0 radical (unpaired) electrons. The first kappa shape index (κ1) is 12.8. The van der Waals surface area contributed by atoms with Crippen LogP contribution in [0.25, 0.3) is 0 Å². The Hall–Kier alpha value is -0.670. The second-order valence-corrected chi connectivity index (χ2v) is 5.90. The van der Waals surface area contributed by atoms with Crippen molar-refractivity contribution in [1.29, 1.82) is 0 Å². The van der Waals surface area contributed by atoms with Gasteiger partial charge < -0.3 is 10.5 Å². The Labute approximate surface area is 108 Å². The summed E-state index contributed by atoms with van der Waals surface area (Å²) in [5.41, 5.74) is 7.10. The van der Waals surface area contributed by atoms with Gasteiger partial charge in [-0.05, 0) is 43.6 Å². The lowest BCUT2D eigenvalue weighted by Gasteiger charge is -2.24. The Bertz CT molecular complexity index is 348. The van der Waals surface area contributed by atoms with Gasteiger partial charge in [-0.1, -0.05) is 18.2 Å². The van der Waals surface area contributed by atoms with E-state index in [0.29, 0.717) is 6.10 Å². The molecule has 1 aliphatic rings.